The lowest BCUT2D eigenvalue weighted by Gasteiger charge is -2.20. The van der Waals surface area contributed by atoms with Gasteiger partial charge < -0.3 is 16.2 Å². The Hall–Kier alpha value is -3.70. The number of nitrogens with zero attached hydrogens (tertiary/aromatic N) is 3. The summed E-state index contributed by atoms with van der Waals surface area (Å²) in [7, 11) is 0. The molecule has 1 heterocycles. The first kappa shape index (κ1) is 30.8. The number of nitriles is 1. The molecule has 4 N–H and O–H groups in total. The van der Waals surface area contributed by atoms with Crippen LogP contribution in [0, 0.1) is 16.7 Å². The number of hydrogen-bond donors (Lipinski definition) is 3. The van der Waals surface area contributed by atoms with Crippen molar-refractivity contribution in [2.45, 2.75) is 57.0 Å². The van der Waals surface area contributed by atoms with E-state index in [2.05, 4.69) is 21.4 Å². The maximum Gasteiger partial charge on any atom is 0.490 e. The number of nitrogens with one attached hydrogen (secondary N) is 1. The van der Waals surface area contributed by atoms with Gasteiger partial charge in [0.15, 0.2) is 5.82 Å². The molecule has 0 aliphatic heterocycles. The molecule has 15 heteroatoms. The van der Waals surface area contributed by atoms with E-state index in [4.69, 9.17) is 27.2 Å². The molecule has 0 spiro atoms. The van der Waals surface area contributed by atoms with Gasteiger partial charge in [0.25, 0.3) is 0 Å². The standard InChI is InChI=1S/C23H21ClF3N5O.C2HF3O2/c24-18-6-3-14(9-17(18)23(25,26)27)20-30-10-15(11-31-21(33)22(12-28)7-8-22)19(32-20)13-1-4-16(29)5-2-13;3-2(4,5)1(6)7/h1,3,6,9-10,16H,2,4-5,7-8,11,29H2,(H,31,33);(H,6,7). The molecule has 8 nitrogen and oxygen atoms in total. The van der Waals surface area contributed by atoms with Gasteiger partial charge in [-0.3, -0.25) is 4.79 Å². The number of aliphatic carboxylic acids is 1. The van der Waals surface area contributed by atoms with E-state index in [0.29, 0.717) is 36.9 Å². The van der Waals surface area contributed by atoms with Crippen LogP contribution in [-0.2, 0) is 22.3 Å². The van der Waals surface area contributed by atoms with Crippen LogP contribution in [-0.4, -0.2) is 39.2 Å². The molecule has 1 aromatic carbocycles. The van der Waals surface area contributed by atoms with Gasteiger partial charge in [0.1, 0.15) is 5.41 Å². The number of benzene rings is 1. The number of hydrogen-bond acceptors (Lipinski definition) is 6. The van der Waals surface area contributed by atoms with Crippen molar-refractivity contribution in [1.29, 1.82) is 5.26 Å². The Bertz CT molecular complexity index is 1370. The summed E-state index contributed by atoms with van der Waals surface area (Å²) in [6.45, 7) is 0.107. The van der Waals surface area contributed by atoms with Crippen molar-refractivity contribution >= 4 is 29.1 Å². The number of halogens is 7. The van der Waals surface area contributed by atoms with Crippen LogP contribution >= 0.6 is 11.6 Å². The van der Waals surface area contributed by atoms with Gasteiger partial charge in [-0.1, -0.05) is 17.7 Å². The highest BCUT2D eigenvalue weighted by Crippen LogP contribution is 2.45. The predicted octanol–water partition coefficient (Wildman–Crippen LogP) is 5.26. The van der Waals surface area contributed by atoms with E-state index in [1.165, 1.54) is 18.3 Å². The quantitative estimate of drug-likeness (QED) is 0.404. The van der Waals surface area contributed by atoms with Crippen LogP contribution in [0.5, 0.6) is 0 Å². The molecular formula is C25H22ClF6N5O3. The molecular weight excluding hydrogens is 568 g/mol. The van der Waals surface area contributed by atoms with E-state index in [-0.39, 0.29) is 29.9 Å². The third-order valence-corrected chi connectivity index (χ3v) is 6.56. The molecule has 1 aromatic heterocycles. The topological polar surface area (TPSA) is 142 Å². The zero-order valence-corrected chi connectivity index (χ0v) is 21.3. The first-order valence-corrected chi connectivity index (χ1v) is 12.1. The Kier molecular flexibility index (Phi) is 9.10. The summed E-state index contributed by atoms with van der Waals surface area (Å²) in [6.07, 6.45) is -3.13. The SMILES string of the molecule is N#CC1(C(=O)NCc2cnc(-c3ccc(Cl)c(C(F)(F)F)c3)nc2C2=CCC(N)CC2)CC1.O=C(O)C(F)(F)F. The molecule has 4 rings (SSSR count). The summed E-state index contributed by atoms with van der Waals surface area (Å²) >= 11 is 5.74. The zero-order valence-electron chi connectivity index (χ0n) is 20.5. The van der Waals surface area contributed by atoms with Crippen LogP contribution in [0.2, 0.25) is 5.02 Å². The molecule has 2 aliphatic rings. The maximum absolute atomic E-state index is 13.3. The minimum Gasteiger partial charge on any atom is -0.475 e. The molecule has 1 atom stereocenters. The molecule has 1 amide bonds. The molecule has 0 radical (unpaired) electrons. The van der Waals surface area contributed by atoms with Crippen LogP contribution in [0.25, 0.3) is 17.0 Å². The van der Waals surface area contributed by atoms with Crippen LogP contribution in [0.3, 0.4) is 0 Å². The molecule has 1 fully saturated rings. The third-order valence-electron chi connectivity index (χ3n) is 6.23. The Morgan fingerprint density at radius 2 is 1.88 bits per heavy atom. The summed E-state index contributed by atoms with van der Waals surface area (Å²) in [6, 6.07) is 5.63. The van der Waals surface area contributed by atoms with Crippen molar-refractivity contribution in [2.75, 3.05) is 0 Å². The summed E-state index contributed by atoms with van der Waals surface area (Å²) < 4.78 is 71.7. The maximum atomic E-state index is 13.3. The van der Waals surface area contributed by atoms with Crippen LogP contribution in [0.15, 0.2) is 30.5 Å². The molecule has 0 bridgehead atoms. The average molecular weight is 590 g/mol. The van der Waals surface area contributed by atoms with E-state index in [1.807, 2.05) is 6.08 Å². The van der Waals surface area contributed by atoms with Crippen LogP contribution in [0.4, 0.5) is 26.3 Å². The lowest BCUT2D eigenvalue weighted by Crippen LogP contribution is -2.31. The number of allylic oxidation sites excluding steroid dienone is 1. The largest absolute Gasteiger partial charge is 0.490 e. The van der Waals surface area contributed by atoms with E-state index < -0.39 is 34.3 Å². The van der Waals surface area contributed by atoms with Gasteiger partial charge in [-0.25, -0.2) is 14.8 Å². The molecule has 1 saturated carbocycles. The summed E-state index contributed by atoms with van der Waals surface area (Å²) in [4.78, 5) is 30.1. The highest BCUT2D eigenvalue weighted by atomic mass is 35.5. The highest BCUT2D eigenvalue weighted by molar-refractivity contribution is 6.31. The van der Waals surface area contributed by atoms with Gasteiger partial charge in [0.05, 0.1) is 22.3 Å². The summed E-state index contributed by atoms with van der Waals surface area (Å²) in [5.41, 5.74) is 6.32. The first-order valence-electron chi connectivity index (χ1n) is 11.7. The molecule has 2 aromatic rings. The lowest BCUT2D eigenvalue weighted by molar-refractivity contribution is -0.192. The third kappa shape index (κ3) is 7.48. The second kappa shape index (κ2) is 11.8. The number of carboxylic acid groups (broad SMARTS) is 1. The number of aromatic nitrogens is 2. The van der Waals surface area contributed by atoms with Gasteiger partial charge in [0, 0.05) is 29.9 Å². The molecule has 0 saturated heterocycles. The second-order valence-corrected chi connectivity index (χ2v) is 9.61. The number of alkyl halides is 6. The number of carboxylic acids is 1. The Morgan fingerprint density at radius 1 is 1.23 bits per heavy atom. The van der Waals surface area contributed by atoms with Crippen LogP contribution < -0.4 is 11.1 Å². The summed E-state index contributed by atoms with van der Waals surface area (Å²) in [5, 5.41) is 18.7. The van der Waals surface area contributed by atoms with Crippen LogP contribution in [0.1, 0.15) is 48.9 Å². The van der Waals surface area contributed by atoms with E-state index in [0.717, 1.165) is 18.1 Å². The molecule has 40 heavy (non-hydrogen) atoms. The number of amides is 1. The average Bonchev–Trinajstić information content (AvgIpc) is 3.69. The van der Waals surface area contributed by atoms with E-state index >= 15 is 0 Å². The van der Waals surface area contributed by atoms with Crippen molar-refractivity contribution in [2.24, 2.45) is 11.1 Å². The highest BCUT2D eigenvalue weighted by Gasteiger charge is 2.50. The number of nitrogens with two attached hydrogens (primary N) is 1. The fraction of sp³-hybridized carbons (Fsp3) is 0.400. The molecule has 214 valence electrons. The normalized spacial score (nSPS) is 18.0. The van der Waals surface area contributed by atoms with Gasteiger partial charge in [-0.15, -0.1) is 0 Å². The van der Waals surface area contributed by atoms with Crippen molar-refractivity contribution in [3.05, 3.63) is 52.3 Å². The van der Waals surface area contributed by atoms with Gasteiger partial charge in [0.2, 0.25) is 5.91 Å². The van der Waals surface area contributed by atoms with E-state index in [1.54, 1.807) is 0 Å². The van der Waals surface area contributed by atoms with Gasteiger partial charge >= 0.3 is 18.3 Å². The van der Waals surface area contributed by atoms with Crippen molar-refractivity contribution in [3.63, 3.8) is 0 Å². The monoisotopic (exact) mass is 589 g/mol. The Morgan fingerprint density at radius 3 is 2.38 bits per heavy atom. The number of rotatable bonds is 5. The Balaban J connectivity index is 0.000000559. The molecule has 1 unspecified atom stereocenters. The fourth-order valence-corrected chi connectivity index (χ4v) is 3.99. The number of carbonyl (C=O) groups excluding carboxylic acids is 1. The molecule has 2 aliphatic carbocycles. The van der Waals surface area contributed by atoms with E-state index in [9.17, 15) is 36.4 Å². The lowest BCUT2D eigenvalue weighted by atomic mass is 9.92. The minimum atomic E-state index is -5.08. The van der Waals surface area contributed by atoms with Crippen molar-refractivity contribution in [3.8, 4) is 17.5 Å². The van der Waals surface area contributed by atoms with Gasteiger partial charge in [-0.2, -0.15) is 31.6 Å². The van der Waals surface area contributed by atoms with Crippen molar-refractivity contribution < 1.29 is 41.0 Å². The fourth-order valence-electron chi connectivity index (χ4n) is 3.76. The van der Waals surface area contributed by atoms with Gasteiger partial charge in [-0.05, 0) is 55.9 Å². The zero-order chi connectivity index (χ0) is 29.9. The summed E-state index contributed by atoms with van der Waals surface area (Å²) in [5.74, 6) is -2.98. The Labute approximate surface area is 228 Å². The predicted molar refractivity (Wildman–Crippen MR) is 130 cm³/mol. The number of carbonyl (C=O) groups is 2. The first-order chi connectivity index (χ1) is 18.6. The van der Waals surface area contributed by atoms with Crippen molar-refractivity contribution in [1.82, 2.24) is 15.3 Å². The smallest absolute Gasteiger partial charge is 0.475 e. The minimum absolute atomic E-state index is 0.0363. The second-order valence-electron chi connectivity index (χ2n) is 9.20.